The molecule has 108 valence electrons. The Bertz CT molecular complexity index is 193. The highest BCUT2D eigenvalue weighted by Crippen LogP contribution is 2.19. The monoisotopic (exact) mass is 260 g/mol. The van der Waals surface area contributed by atoms with Gasteiger partial charge in [-0.1, -0.05) is 0 Å². The minimum absolute atomic E-state index is 0.0475. The topological polar surface area (TPSA) is 65.7 Å². The maximum absolute atomic E-state index is 5.61. The smallest absolute Gasteiger partial charge is 0.173 e. The fraction of sp³-hybridized carbons (Fsp3) is 1.00. The second-order valence-electron chi connectivity index (χ2n) is 4.62. The normalized spacial score (nSPS) is 21.7. The highest BCUT2D eigenvalue weighted by molar-refractivity contribution is 4.71. The van der Waals surface area contributed by atoms with Gasteiger partial charge in [0.25, 0.3) is 0 Å². The van der Waals surface area contributed by atoms with Crippen molar-refractivity contribution in [3.8, 4) is 0 Å². The molecule has 18 heavy (non-hydrogen) atoms. The van der Waals surface area contributed by atoms with E-state index in [1.165, 1.54) is 12.8 Å². The molecule has 5 heteroatoms. The van der Waals surface area contributed by atoms with Crippen molar-refractivity contribution in [3.05, 3.63) is 0 Å². The second kappa shape index (κ2) is 9.69. The van der Waals surface area contributed by atoms with Crippen LogP contribution < -0.4 is 11.3 Å². The lowest BCUT2D eigenvalue weighted by molar-refractivity contribution is -0.155. The quantitative estimate of drug-likeness (QED) is 0.354. The van der Waals surface area contributed by atoms with E-state index in [-0.39, 0.29) is 12.3 Å². The summed E-state index contributed by atoms with van der Waals surface area (Å²) >= 11 is 0. The molecule has 2 atom stereocenters. The maximum atomic E-state index is 5.61. The summed E-state index contributed by atoms with van der Waals surface area (Å²) in [7, 11) is 0. The van der Waals surface area contributed by atoms with Gasteiger partial charge in [-0.05, 0) is 46.0 Å². The van der Waals surface area contributed by atoms with Gasteiger partial charge >= 0.3 is 0 Å². The lowest BCUT2D eigenvalue weighted by Crippen LogP contribution is -2.46. The number of ether oxygens (including phenoxy) is 3. The van der Waals surface area contributed by atoms with E-state index in [2.05, 4.69) is 5.43 Å². The molecule has 1 aliphatic rings. The van der Waals surface area contributed by atoms with E-state index >= 15 is 0 Å². The van der Waals surface area contributed by atoms with Gasteiger partial charge in [-0.2, -0.15) is 0 Å². The molecule has 0 aromatic rings. The van der Waals surface area contributed by atoms with Crippen molar-refractivity contribution in [2.75, 3.05) is 19.8 Å². The molecule has 0 aromatic heterocycles. The number of nitrogens with one attached hydrogen (secondary N) is 1. The molecular weight excluding hydrogens is 232 g/mol. The first-order chi connectivity index (χ1) is 8.81. The van der Waals surface area contributed by atoms with Gasteiger partial charge in [0, 0.05) is 19.8 Å². The van der Waals surface area contributed by atoms with Crippen LogP contribution in [0.1, 0.15) is 46.0 Å². The minimum Gasteiger partial charge on any atom is -0.378 e. The Balaban J connectivity index is 2.24. The van der Waals surface area contributed by atoms with Gasteiger partial charge in [0.1, 0.15) is 0 Å². The Hall–Kier alpha value is -0.200. The molecule has 1 aliphatic heterocycles. The molecule has 1 fully saturated rings. The van der Waals surface area contributed by atoms with Crippen LogP contribution in [0.5, 0.6) is 0 Å². The fourth-order valence-electron chi connectivity index (χ4n) is 2.34. The van der Waals surface area contributed by atoms with Crippen molar-refractivity contribution in [1.82, 2.24) is 5.43 Å². The van der Waals surface area contributed by atoms with E-state index in [9.17, 15) is 0 Å². The summed E-state index contributed by atoms with van der Waals surface area (Å²) in [4.78, 5) is 0. The Morgan fingerprint density at radius 2 is 2.06 bits per heavy atom. The predicted octanol–water partition coefficient (Wildman–Crippen LogP) is 1.57. The molecule has 0 bridgehead atoms. The van der Waals surface area contributed by atoms with Crippen LogP contribution in [0, 0.1) is 0 Å². The molecule has 2 unspecified atom stereocenters. The standard InChI is InChI=1S/C13H28N2O3/c1-3-16-13(17-4-2)12(15-14)9-5-7-11-8-6-10-18-11/h11-13,15H,3-10,14H2,1-2H3. The van der Waals surface area contributed by atoms with Crippen LogP contribution in [-0.4, -0.2) is 38.3 Å². The third-order valence-electron chi connectivity index (χ3n) is 3.27. The van der Waals surface area contributed by atoms with E-state index in [0.29, 0.717) is 19.3 Å². The highest BCUT2D eigenvalue weighted by Gasteiger charge is 2.22. The van der Waals surface area contributed by atoms with Gasteiger partial charge in [-0.25, -0.2) is 0 Å². The van der Waals surface area contributed by atoms with Crippen molar-refractivity contribution < 1.29 is 14.2 Å². The van der Waals surface area contributed by atoms with Gasteiger partial charge in [0.2, 0.25) is 0 Å². The van der Waals surface area contributed by atoms with E-state index in [1.54, 1.807) is 0 Å². The lowest BCUT2D eigenvalue weighted by Gasteiger charge is -2.26. The number of hydrazine groups is 1. The molecular formula is C13H28N2O3. The Kier molecular flexibility index (Phi) is 8.54. The Labute approximate surface area is 110 Å². The Morgan fingerprint density at radius 1 is 1.33 bits per heavy atom. The largest absolute Gasteiger partial charge is 0.378 e. The van der Waals surface area contributed by atoms with E-state index in [4.69, 9.17) is 20.1 Å². The molecule has 0 saturated carbocycles. The molecule has 0 radical (unpaired) electrons. The number of rotatable bonds is 10. The first kappa shape index (κ1) is 15.9. The first-order valence-corrected chi connectivity index (χ1v) is 7.12. The van der Waals surface area contributed by atoms with E-state index < -0.39 is 0 Å². The molecule has 0 spiro atoms. The third kappa shape index (κ3) is 5.63. The van der Waals surface area contributed by atoms with E-state index in [0.717, 1.165) is 25.9 Å². The Morgan fingerprint density at radius 3 is 2.56 bits per heavy atom. The van der Waals surface area contributed by atoms with Gasteiger partial charge < -0.3 is 14.2 Å². The summed E-state index contributed by atoms with van der Waals surface area (Å²) in [6, 6.07) is 0.0475. The van der Waals surface area contributed by atoms with E-state index in [1.807, 2.05) is 13.8 Å². The summed E-state index contributed by atoms with van der Waals surface area (Å²) in [6.07, 6.45) is 5.71. The zero-order valence-electron chi connectivity index (χ0n) is 11.7. The zero-order chi connectivity index (χ0) is 13.2. The second-order valence-corrected chi connectivity index (χ2v) is 4.62. The van der Waals surface area contributed by atoms with Crippen molar-refractivity contribution in [3.63, 3.8) is 0 Å². The SMILES string of the molecule is CCOC(OCC)C(CCCC1CCCO1)NN. The summed E-state index contributed by atoms with van der Waals surface area (Å²) in [5, 5.41) is 0. The molecule has 0 amide bonds. The lowest BCUT2D eigenvalue weighted by atomic mass is 10.1. The number of hydrogen-bond donors (Lipinski definition) is 2. The molecule has 0 aromatic carbocycles. The van der Waals surface area contributed by atoms with Crippen molar-refractivity contribution in [2.45, 2.75) is 64.4 Å². The van der Waals surface area contributed by atoms with Crippen LogP contribution in [0.2, 0.25) is 0 Å². The van der Waals surface area contributed by atoms with Crippen LogP contribution in [0.3, 0.4) is 0 Å². The zero-order valence-corrected chi connectivity index (χ0v) is 11.7. The molecule has 1 rings (SSSR count). The van der Waals surface area contributed by atoms with Gasteiger partial charge in [-0.3, -0.25) is 11.3 Å². The average molecular weight is 260 g/mol. The first-order valence-electron chi connectivity index (χ1n) is 7.12. The van der Waals surface area contributed by atoms with Crippen molar-refractivity contribution >= 4 is 0 Å². The number of nitrogens with two attached hydrogens (primary N) is 1. The number of hydrogen-bond acceptors (Lipinski definition) is 5. The molecule has 1 saturated heterocycles. The highest BCUT2D eigenvalue weighted by atomic mass is 16.7. The molecule has 0 aliphatic carbocycles. The van der Waals surface area contributed by atoms with Gasteiger partial charge in [0.05, 0.1) is 12.1 Å². The predicted molar refractivity (Wildman–Crippen MR) is 71.0 cm³/mol. The van der Waals surface area contributed by atoms with Crippen LogP contribution in [0.4, 0.5) is 0 Å². The summed E-state index contributed by atoms with van der Waals surface area (Å²) in [5.41, 5.74) is 2.81. The van der Waals surface area contributed by atoms with Crippen molar-refractivity contribution in [1.29, 1.82) is 0 Å². The van der Waals surface area contributed by atoms with Crippen LogP contribution in [0.15, 0.2) is 0 Å². The van der Waals surface area contributed by atoms with Crippen molar-refractivity contribution in [2.24, 2.45) is 5.84 Å². The van der Waals surface area contributed by atoms with Gasteiger partial charge in [-0.15, -0.1) is 0 Å². The minimum atomic E-state index is -0.255. The van der Waals surface area contributed by atoms with Crippen LogP contribution in [-0.2, 0) is 14.2 Å². The van der Waals surface area contributed by atoms with Gasteiger partial charge in [0.15, 0.2) is 6.29 Å². The molecule has 3 N–H and O–H groups in total. The summed E-state index contributed by atoms with van der Waals surface area (Å²) < 4.78 is 16.7. The summed E-state index contributed by atoms with van der Waals surface area (Å²) in [6.45, 7) is 6.12. The van der Waals surface area contributed by atoms with Crippen LogP contribution >= 0.6 is 0 Å². The third-order valence-corrected chi connectivity index (χ3v) is 3.27. The maximum Gasteiger partial charge on any atom is 0.173 e. The average Bonchev–Trinajstić information content (AvgIpc) is 2.88. The summed E-state index contributed by atoms with van der Waals surface area (Å²) in [5.74, 6) is 5.59. The van der Waals surface area contributed by atoms with Crippen LogP contribution in [0.25, 0.3) is 0 Å². The fourth-order valence-corrected chi connectivity index (χ4v) is 2.34. The molecule has 1 heterocycles. The molecule has 5 nitrogen and oxygen atoms in total.